The summed E-state index contributed by atoms with van der Waals surface area (Å²) in [4.78, 5) is 2.81. The zero-order valence-corrected chi connectivity index (χ0v) is 12.0. The van der Waals surface area contributed by atoms with Gasteiger partial charge in [-0.2, -0.15) is 0 Å². The van der Waals surface area contributed by atoms with E-state index in [1.807, 2.05) is 0 Å². The Morgan fingerprint density at radius 1 is 1.06 bits per heavy atom. The number of nitrogens with one attached hydrogen (secondary N) is 1. The summed E-state index contributed by atoms with van der Waals surface area (Å²) < 4.78 is 0. The van der Waals surface area contributed by atoms with Crippen LogP contribution in [-0.4, -0.2) is 35.6 Å². The lowest BCUT2D eigenvalue weighted by Gasteiger charge is -2.43. The first-order valence-electron chi connectivity index (χ1n) is 7.64. The van der Waals surface area contributed by atoms with Crippen LogP contribution in [0.2, 0.25) is 0 Å². The van der Waals surface area contributed by atoms with Crippen molar-refractivity contribution in [1.82, 2.24) is 10.2 Å². The molecule has 1 aliphatic carbocycles. The zero-order valence-electron chi connectivity index (χ0n) is 12.0. The van der Waals surface area contributed by atoms with Gasteiger partial charge in [0.15, 0.2) is 0 Å². The van der Waals surface area contributed by atoms with E-state index in [-0.39, 0.29) is 0 Å². The van der Waals surface area contributed by atoms with Gasteiger partial charge in [0.1, 0.15) is 0 Å². The van der Waals surface area contributed by atoms with Gasteiger partial charge in [-0.3, -0.25) is 4.90 Å². The molecule has 1 saturated carbocycles. The molecular weight excluding hydrogens is 208 g/mol. The largest absolute Gasteiger partial charge is 0.310 e. The molecule has 2 heteroatoms. The molecule has 0 amide bonds. The Hall–Kier alpha value is -0.0800. The summed E-state index contributed by atoms with van der Waals surface area (Å²) in [6.07, 6.45) is 9.54. The molecule has 2 rings (SSSR count). The van der Waals surface area contributed by atoms with Crippen LogP contribution < -0.4 is 5.32 Å². The summed E-state index contributed by atoms with van der Waals surface area (Å²) in [6, 6.07) is 0. The molecule has 100 valence electrons. The van der Waals surface area contributed by atoms with Crippen LogP contribution in [0.5, 0.6) is 0 Å². The summed E-state index contributed by atoms with van der Waals surface area (Å²) in [6.45, 7) is 10.9. The van der Waals surface area contributed by atoms with Gasteiger partial charge in [0.2, 0.25) is 0 Å². The second-order valence-corrected chi connectivity index (χ2v) is 6.39. The SMILES string of the molecule is CCC1(CC)CN(C2(C)CCCC2)CCCN1. The summed E-state index contributed by atoms with van der Waals surface area (Å²) in [7, 11) is 0. The third-order valence-electron chi connectivity index (χ3n) is 5.40. The van der Waals surface area contributed by atoms with E-state index in [1.165, 1.54) is 64.6 Å². The minimum absolute atomic E-state index is 0.377. The van der Waals surface area contributed by atoms with Crippen molar-refractivity contribution in [2.24, 2.45) is 0 Å². The van der Waals surface area contributed by atoms with Gasteiger partial charge in [-0.25, -0.2) is 0 Å². The molecule has 1 aliphatic heterocycles. The van der Waals surface area contributed by atoms with Crippen LogP contribution in [0.15, 0.2) is 0 Å². The second kappa shape index (κ2) is 5.27. The van der Waals surface area contributed by atoms with E-state index in [0.29, 0.717) is 11.1 Å². The predicted octanol–water partition coefficient (Wildman–Crippen LogP) is 3.17. The fraction of sp³-hybridized carbons (Fsp3) is 1.00. The van der Waals surface area contributed by atoms with Crippen molar-refractivity contribution in [1.29, 1.82) is 0 Å². The molecule has 0 aromatic carbocycles. The fourth-order valence-electron chi connectivity index (χ4n) is 3.76. The molecule has 0 aromatic rings. The molecule has 17 heavy (non-hydrogen) atoms. The summed E-state index contributed by atoms with van der Waals surface area (Å²) in [5.41, 5.74) is 0.879. The minimum atomic E-state index is 0.377. The lowest BCUT2D eigenvalue weighted by molar-refractivity contribution is 0.0806. The average Bonchev–Trinajstić information content (AvgIpc) is 2.68. The van der Waals surface area contributed by atoms with Crippen LogP contribution in [0.1, 0.15) is 65.7 Å². The molecular formula is C15H30N2. The molecule has 1 N–H and O–H groups in total. The van der Waals surface area contributed by atoms with E-state index >= 15 is 0 Å². The van der Waals surface area contributed by atoms with Crippen molar-refractivity contribution in [3.8, 4) is 0 Å². The normalized spacial score (nSPS) is 29.1. The van der Waals surface area contributed by atoms with Gasteiger partial charge >= 0.3 is 0 Å². The van der Waals surface area contributed by atoms with Gasteiger partial charge < -0.3 is 5.32 Å². The Morgan fingerprint density at radius 3 is 2.29 bits per heavy atom. The van der Waals surface area contributed by atoms with E-state index in [0.717, 1.165) is 0 Å². The maximum atomic E-state index is 3.82. The molecule has 0 spiro atoms. The van der Waals surface area contributed by atoms with Crippen LogP contribution in [0, 0.1) is 0 Å². The average molecular weight is 238 g/mol. The molecule has 0 aromatic heterocycles. The molecule has 2 fully saturated rings. The van der Waals surface area contributed by atoms with Crippen molar-refractivity contribution in [3.63, 3.8) is 0 Å². The highest BCUT2D eigenvalue weighted by Crippen LogP contribution is 2.37. The third kappa shape index (κ3) is 2.68. The van der Waals surface area contributed by atoms with Crippen LogP contribution in [0.25, 0.3) is 0 Å². The summed E-state index contributed by atoms with van der Waals surface area (Å²) in [5.74, 6) is 0. The molecule has 2 aliphatic rings. The lowest BCUT2D eigenvalue weighted by Crippen LogP contribution is -2.55. The Morgan fingerprint density at radius 2 is 1.71 bits per heavy atom. The monoisotopic (exact) mass is 238 g/mol. The van der Waals surface area contributed by atoms with E-state index in [1.54, 1.807) is 0 Å². The smallest absolute Gasteiger partial charge is 0.0303 e. The molecule has 0 radical (unpaired) electrons. The van der Waals surface area contributed by atoms with Gasteiger partial charge in [0.05, 0.1) is 0 Å². The summed E-state index contributed by atoms with van der Waals surface area (Å²) >= 11 is 0. The quantitative estimate of drug-likeness (QED) is 0.812. The lowest BCUT2D eigenvalue weighted by atomic mass is 9.89. The Bertz CT molecular complexity index is 239. The van der Waals surface area contributed by atoms with Crippen LogP contribution in [-0.2, 0) is 0 Å². The molecule has 2 nitrogen and oxygen atoms in total. The first-order chi connectivity index (χ1) is 8.14. The van der Waals surface area contributed by atoms with Crippen molar-refractivity contribution < 1.29 is 0 Å². The van der Waals surface area contributed by atoms with Gasteiger partial charge in [-0.05, 0) is 52.1 Å². The maximum absolute atomic E-state index is 3.82. The third-order valence-corrected chi connectivity index (χ3v) is 5.40. The minimum Gasteiger partial charge on any atom is -0.310 e. The topological polar surface area (TPSA) is 15.3 Å². The van der Waals surface area contributed by atoms with Crippen molar-refractivity contribution >= 4 is 0 Å². The zero-order chi connectivity index (χ0) is 12.4. The second-order valence-electron chi connectivity index (χ2n) is 6.39. The van der Waals surface area contributed by atoms with Crippen LogP contribution in [0.4, 0.5) is 0 Å². The Balaban J connectivity index is 2.11. The van der Waals surface area contributed by atoms with E-state index in [9.17, 15) is 0 Å². The number of hydrogen-bond acceptors (Lipinski definition) is 2. The van der Waals surface area contributed by atoms with Crippen molar-refractivity contribution in [2.75, 3.05) is 19.6 Å². The molecule has 0 unspecified atom stereocenters. The van der Waals surface area contributed by atoms with Gasteiger partial charge in [-0.1, -0.05) is 26.7 Å². The molecule has 1 saturated heterocycles. The highest BCUT2D eigenvalue weighted by Gasteiger charge is 2.40. The number of rotatable bonds is 3. The molecule has 1 heterocycles. The fourth-order valence-corrected chi connectivity index (χ4v) is 3.76. The van der Waals surface area contributed by atoms with Gasteiger partial charge in [-0.15, -0.1) is 0 Å². The van der Waals surface area contributed by atoms with Crippen molar-refractivity contribution in [3.05, 3.63) is 0 Å². The van der Waals surface area contributed by atoms with Crippen LogP contribution in [0.3, 0.4) is 0 Å². The predicted molar refractivity (Wildman–Crippen MR) is 74.4 cm³/mol. The Labute approximate surface area is 107 Å². The maximum Gasteiger partial charge on any atom is 0.0303 e. The van der Waals surface area contributed by atoms with Crippen LogP contribution >= 0.6 is 0 Å². The van der Waals surface area contributed by atoms with E-state index in [4.69, 9.17) is 0 Å². The van der Waals surface area contributed by atoms with E-state index in [2.05, 4.69) is 31.0 Å². The number of nitrogens with zero attached hydrogens (tertiary/aromatic N) is 1. The standard InChI is InChI=1S/C15H30N2/c1-4-15(5-2)13-17(12-8-11-16-15)14(3)9-6-7-10-14/h16H,4-13H2,1-3H3. The highest BCUT2D eigenvalue weighted by atomic mass is 15.2. The summed E-state index contributed by atoms with van der Waals surface area (Å²) in [5, 5.41) is 3.82. The molecule has 0 bridgehead atoms. The van der Waals surface area contributed by atoms with E-state index < -0.39 is 0 Å². The van der Waals surface area contributed by atoms with Gasteiger partial charge in [0, 0.05) is 17.6 Å². The van der Waals surface area contributed by atoms with Gasteiger partial charge in [0.25, 0.3) is 0 Å². The van der Waals surface area contributed by atoms with Crippen molar-refractivity contribution in [2.45, 2.75) is 76.8 Å². The molecule has 0 atom stereocenters. The highest BCUT2D eigenvalue weighted by molar-refractivity contribution is 4.98. The Kier molecular flexibility index (Phi) is 4.14. The first kappa shape index (κ1) is 13.4. The number of hydrogen-bond donors (Lipinski definition) is 1. The first-order valence-corrected chi connectivity index (χ1v) is 7.64.